The van der Waals surface area contributed by atoms with Gasteiger partial charge >= 0.3 is 17.1 Å². The molecule has 2 N–H and O–H groups in total. The molecule has 0 aliphatic rings. The van der Waals surface area contributed by atoms with Crippen molar-refractivity contribution in [3.05, 3.63) is 0 Å². The summed E-state index contributed by atoms with van der Waals surface area (Å²) in [6, 6.07) is -1.70. The second-order valence-corrected chi connectivity index (χ2v) is 6.68. The number of hydrogen-bond acceptors (Lipinski definition) is 8. The number of thioether (sulfide) groups is 2. The van der Waals surface area contributed by atoms with Crippen LogP contribution in [0.5, 0.6) is 0 Å². The summed E-state index contributed by atoms with van der Waals surface area (Å²) in [4.78, 5) is 41.8. The van der Waals surface area contributed by atoms with Crippen molar-refractivity contribution in [2.24, 2.45) is 0 Å². The predicted octanol–water partition coefficient (Wildman–Crippen LogP) is -2.01. The molecule has 1 radical (unpaired) electrons. The molecule has 0 bridgehead atoms. The fourth-order valence-electron chi connectivity index (χ4n) is 1.46. The minimum Gasteiger partial charge on any atom is -0.548 e. The number of carboxylic acid groups (broad SMARTS) is 2. The summed E-state index contributed by atoms with van der Waals surface area (Å²) >= 11 is 3.06. The van der Waals surface area contributed by atoms with E-state index >= 15 is 0 Å². The second-order valence-electron chi connectivity index (χ2n) is 4.71. The summed E-state index contributed by atoms with van der Waals surface area (Å²) in [6.07, 6.45) is 4.56. The molecule has 2 unspecified atom stereocenters. The van der Waals surface area contributed by atoms with Crippen LogP contribution >= 0.6 is 23.5 Å². The molecule has 0 heterocycles. The van der Waals surface area contributed by atoms with Crippen LogP contribution in [-0.2, 0) is 36.2 Å². The van der Waals surface area contributed by atoms with Crippen LogP contribution < -0.4 is 20.8 Å². The van der Waals surface area contributed by atoms with E-state index in [1.807, 2.05) is 12.5 Å². The van der Waals surface area contributed by atoms with E-state index in [1.165, 1.54) is 37.4 Å². The smallest absolute Gasteiger partial charge is 0.548 e. The van der Waals surface area contributed by atoms with Crippen molar-refractivity contribution in [2.75, 3.05) is 24.0 Å². The number of carbonyl (C=O) groups is 4. The van der Waals surface area contributed by atoms with Gasteiger partial charge < -0.3 is 30.4 Å². The Morgan fingerprint density at radius 2 is 1.08 bits per heavy atom. The summed E-state index contributed by atoms with van der Waals surface area (Å²) in [5.41, 5.74) is 0. The molecule has 0 aromatic carbocycles. The monoisotopic (exact) mass is 443 g/mol. The van der Waals surface area contributed by atoms with Gasteiger partial charge in [-0.3, -0.25) is 9.59 Å². The van der Waals surface area contributed by atoms with Crippen LogP contribution in [0.3, 0.4) is 0 Å². The molecular formula is C14H24CuN2O6S2. The number of carbonyl (C=O) groups excluding carboxylic acids is 4. The van der Waals surface area contributed by atoms with Crippen molar-refractivity contribution in [2.45, 2.75) is 38.8 Å². The van der Waals surface area contributed by atoms with Gasteiger partial charge in [0.15, 0.2) is 0 Å². The fourth-order valence-corrected chi connectivity index (χ4v) is 2.40. The Hall–Kier alpha value is -0.901. The van der Waals surface area contributed by atoms with Gasteiger partial charge in [0, 0.05) is 13.8 Å². The van der Waals surface area contributed by atoms with Gasteiger partial charge in [0.1, 0.15) is 0 Å². The van der Waals surface area contributed by atoms with Gasteiger partial charge in [-0.05, 0) is 36.9 Å². The summed E-state index contributed by atoms with van der Waals surface area (Å²) in [6.45, 7) is 2.57. The van der Waals surface area contributed by atoms with Gasteiger partial charge in [-0.1, -0.05) is 0 Å². The first-order valence-electron chi connectivity index (χ1n) is 7.09. The van der Waals surface area contributed by atoms with Gasteiger partial charge in [0.25, 0.3) is 0 Å². The van der Waals surface area contributed by atoms with Crippen molar-refractivity contribution in [1.82, 2.24) is 10.6 Å². The van der Waals surface area contributed by atoms with Crippen LogP contribution in [0.1, 0.15) is 26.7 Å². The van der Waals surface area contributed by atoms with Gasteiger partial charge in [0.2, 0.25) is 11.8 Å². The van der Waals surface area contributed by atoms with E-state index in [1.54, 1.807) is 0 Å². The number of nitrogens with one attached hydrogen (secondary N) is 2. The third kappa shape index (κ3) is 19.3. The number of rotatable bonds is 10. The van der Waals surface area contributed by atoms with Gasteiger partial charge in [-0.2, -0.15) is 23.5 Å². The Bertz CT molecular complexity index is 388. The van der Waals surface area contributed by atoms with Crippen LogP contribution in [0.4, 0.5) is 0 Å². The van der Waals surface area contributed by atoms with E-state index in [2.05, 4.69) is 10.6 Å². The first-order chi connectivity index (χ1) is 11.1. The SMILES string of the molecule is CSCCC(NC(C)=O)C(=O)[O-].CSCCC(NC(C)=O)C(=O)[O-].[Cu+2]. The van der Waals surface area contributed by atoms with Crippen molar-refractivity contribution in [3.8, 4) is 0 Å². The predicted molar refractivity (Wildman–Crippen MR) is 91.2 cm³/mol. The largest absolute Gasteiger partial charge is 2.00 e. The second kappa shape index (κ2) is 17.9. The average molecular weight is 444 g/mol. The zero-order valence-electron chi connectivity index (χ0n) is 14.6. The van der Waals surface area contributed by atoms with Crippen LogP contribution in [0, 0.1) is 0 Å². The van der Waals surface area contributed by atoms with Crippen molar-refractivity contribution < 1.29 is 46.5 Å². The molecule has 0 saturated carbocycles. The zero-order chi connectivity index (χ0) is 19.1. The summed E-state index contributed by atoms with van der Waals surface area (Å²) < 4.78 is 0. The summed E-state index contributed by atoms with van der Waals surface area (Å²) in [5.74, 6) is -1.74. The Morgan fingerprint density at radius 1 is 0.800 bits per heavy atom. The third-order valence-electron chi connectivity index (χ3n) is 2.55. The Balaban J connectivity index is -0.000000372. The van der Waals surface area contributed by atoms with E-state index in [0.29, 0.717) is 24.3 Å². The zero-order valence-corrected chi connectivity index (χ0v) is 17.1. The Labute approximate surface area is 167 Å². The van der Waals surface area contributed by atoms with Gasteiger partial charge in [-0.15, -0.1) is 0 Å². The molecule has 2 atom stereocenters. The molecule has 8 nitrogen and oxygen atoms in total. The van der Waals surface area contributed by atoms with Crippen molar-refractivity contribution in [3.63, 3.8) is 0 Å². The summed E-state index contributed by atoms with van der Waals surface area (Å²) in [5, 5.41) is 25.4. The number of amides is 2. The molecule has 2 amide bonds. The van der Waals surface area contributed by atoms with Gasteiger partial charge in [-0.25, -0.2) is 0 Å². The maximum Gasteiger partial charge on any atom is 2.00 e. The normalized spacial score (nSPS) is 11.7. The quantitative estimate of drug-likeness (QED) is 0.369. The fraction of sp³-hybridized carbons (Fsp3) is 0.714. The number of hydrogen-bond donors (Lipinski definition) is 2. The van der Waals surface area contributed by atoms with E-state index in [9.17, 15) is 29.4 Å². The minimum absolute atomic E-state index is 0. The van der Waals surface area contributed by atoms with Crippen molar-refractivity contribution >= 4 is 47.3 Å². The van der Waals surface area contributed by atoms with E-state index in [4.69, 9.17) is 0 Å². The average Bonchev–Trinajstić information content (AvgIpc) is 2.47. The molecule has 0 fully saturated rings. The van der Waals surface area contributed by atoms with Crippen molar-refractivity contribution in [1.29, 1.82) is 0 Å². The number of aliphatic carboxylic acids is 2. The maximum absolute atomic E-state index is 10.5. The molecule has 0 spiro atoms. The van der Waals surface area contributed by atoms with E-state index in [0.717, 1.165) is 0 Å². The molecule has 0 saturated heterocycles. The summed E-state index contributed by atoms with van der Waals surface area (Å²) in [7, 11) is 0. The molecule has 0 aromatic heterocycles. The van der Waals surface area contributed by atoms with E-state index in [-0.39, 0.29) is 28.9 Å². The molecular weight excluding hydrogens is 420 g/mol. The minimum atomic E-state index is -1.22. The number of carboxylic acids is 2. The molecule has 25 heavy (non-hydrogen) atoms. The topological polar surface area (TPSA) is 138 Å². The van der Waals surface area contributed by atoms with Crippen LogP contribution in [-0.4, -0.2) is 59.9 Å². The van der Waals surface area contributed by atoms with Crippen LogP contribution in [0.2, 0.25) is 0 Å². The van der Waals surface area contributed by atoms with Crippen LogP contribution in [0.15, 0.2) is 0 Å². The van der Waals surface area contributed by atoms with Crippen LogP contribution in [0.25, 0.3) is 0 Å². The first kappa shape index (κ1) is 28.9. The van der Waals surface area contributed by atoms with Gasteiger partial charge in [0.05, 0.1) is 24.0 Å². The molecule has 0 rings (SSSR count). The van der Waals surface area contributed by atoms with E-state index < -0.39 is 24.0 Å². The maximum atomic E-state index is 10.5. The molecule has 11 heteroatoms. The molecule has 149 valence electrons. The Kier molecular flexibility index (Phi) is 20.7. The molecule has 0 aromatic rings. The Morgan fingerprint density at radius 3 is 1.24 bits per heavy atom. The first-order valence-corrected chi connectivity index (χ1v) is 9.88. The standard InChI is InChI=1S/2C7H13NO3S.Cu/c2*1-5(9)8-6(7(10)11)3-4-12-2;/h2*6H,3-4H2,1-2H3,(H,8,9)(H,10,11);/q;;+2/p-2. The molecule has 0 aliphatic heterocycles. The third-order valence-corrected chi connectivity index (χ3v) is 3.83. The molecule has 0 aliphatic carbocycles.